The molecule has 1 aromatic heterocycles. The number of benzene rings is 1. The van der Waals surface area contributed by atoms with Crippen LogP contribution in [-0.4, -0.2) is 33.8 Å². The Morgan fingerprint density at radius 2 is 2.35 bits per heavy atom. The quantitative estimate of drug-likeness (QED) is 0.875. The summed E-state index contributed by atoms with van der Waals surface area (Å²) in [6.07, 6.45) is 1.65. The van der Waals surface area contributed by atoms with Gasteiger partial charge in [-0.1, -0.05) is 6.07 Å². The Kier molecular flexibility index (Phi) is 3.10. The van der Waals surface area contributed by atoms with Gasteiger partial charge in [0.1, 0.15) is 0 Å². The van der Waals surface area contributed by atoms with Crippen LogP contribution in [0.15, 0.2) is 24.5 Å². The number of para-hydroxylation sites is 1. The Hall–Kier alpha value is -1.88. The Morgan fingerprint density at radius 3 is 3.00 bits per heavy atom. The van der Waals surface area contributed by atoms with E-state index in [1.54, 1.807) is 31.6 Å². The van der Waals surface area contributed by atoms with Crippen LogP contribution in [0.2, 0.25) is 0 Å². The molecule has 0 saturated heterocycles. The molecule has 0 saturated carbocycles. The summed E-state index contributed by atoms with van der Waals surface area (Å²) in [5.74, 6) is -0.942. The second-order valence-corrected chi connectivity index (χ2v) is 3.92. The molecule has 5 heteroatoms. The van der Waals surface area contributed by atoms with Crippen LogP contribution in [0.3, 0.4) is 0 Å². The lowest BCUT2D eigenvalue weighted by molar-refractivity contribution is 0.0697. The highest BCUT2D eigenvalue weighted by Gasteiger charge is 2.14. The predicted molar refractivity (Wildman–Crippen MR) is 63.2 cm³/mol. The lowest BCUT2D eigenvalue weighted by Gasteiger charge is -2.11. The van der Waals surface area contributed by atoms with Crippen molar-refractivity contribution in [3.8, 4) is 0 Å². The first-order chi connectivity index (χ1) is 8.13. The summed E-state index contributed by atoms with van der Waals surface area (Å²) in [7, 11) is 1.63. The van der Waals surface area contributed by atoms with Crippen LogP contribution in [0.4, 0.5) is 0 Å². The van der Waals surface area contributed by atoms with Gasteiger partial charge in [-0.05, 0) is 19.1 Å². The minimum Gasteiger partial charge on any atom is -0.478 e. The average Bonchev–Trinajstić information content (AvgIpc) is 2.72. The second-order valence-electron chi connectivity index (χ2n) is 3.92. The van der Waals surface area contributed by atoms with Gasteiger partial charge in [-0.2, -0.15) is 0 Å². The van der Waals surface area contributed by atoms with Gasteiger partial charge in [0.2, 0.25) is 0 Å². The third-order valence-electron chi connectivity index (χ3n) is 2.72. The molecule has 2 aromatic rings. The van der Waals surface area contributed by atoms with Crippen molar-refractivity contribution in [2.45, 2.75) is 19.6 Å². The number of ether oxygens (including phenoxy) is 1. The van der Waals surface area contributed by atoms with Gasteiger partial charge in [0.25, 0.3) is 0 Å². The van der Waals surface area contributed by atoms with Crippen molar-refractivity contribution in [2.75, 3.05) is 7.11 Å². The summed E-state index contributed by atoms with van der Waals surface area (Å²) < 4.78 is 6.99. The second kappa shape index (κ2) is 4.55. The summed E-state index contributed by atoms with van der Waals surface area (Å²) >= 11 is 0. The van der Waals surface area contributed by atoms with E-state index < -0.39 is 5.97 Å². The van der Waals surface area contributed by atoms with Crippen LogP contribution in [0, 0.1) is 0 Å². The largest absolute Gasteiger partial charge is 0.478 e. The molecule has 1 unspecified atom stereocenters. The molecule has 0 aliphatic heterocycles. The first-order valence-corrected chi connectivity index (χ1v) is 5.33. The van der Waals surface area contributed by atoms with Gasteiger partial charge in [-0.25, -0.2) is 9.78 Å². The fourth-order valence-electron chi connectivity index (χ4n) is 1.79. The maximum Gasteiger partial charge on any atom is 0.337 e. The number of fused-ring (bicyclic) bond motifs is 1. The molecule has 0 fully saturated rings. The molecule has 1 atom stereocenters. The van der Waals surface area contributed by atoms with Gasteiger partial charge in [0.15, 0.2) is 0 Å². The van der Waals surface area contributed by atoms with Crippen LogP contribution in [0.25, 0.3) is 11.0 Å². The third kappa shape index (κ3) is 2.14. The minimum atomic E-state index is -0.942. The average molecular weight is 234 g/mol. The van der Waals surface area contributed by atoms with E-state index >= 15 is 0 Å². The van der Waals surface area contributed by atoms with E-state index in [0.29, 0.717) is 17.6 Å². The summed E-state index contributed by atoms with van der Waals surface area (Å²) in [4.78, 5) is 15.3. The molecule has 1 aromatic carbocycles. The Morgan fingerprint density at radius 1 is 1.59 bits per heavy atom. The van der Waals surface area contributed by atoms with E-state index in [9.17, 15) is 4.79 Å². The summed E-state index contributed by atoms with van der Waals surface area (Å²) in [5, 5.41) is 9.14. The van der Waals surface area contributed by atoms with Crippen LogP contribution in [-0.2, 0) is 11.3 Å². The number of rotatable bonds is 4. The fraction of sp³-hybridized carbons (Fsp3) is 0.333. The summed E-state index contributed by atoms with van der Waals surface area (Å²) in [6.45, 7) is 2.51. The summed E-state index contributed by atoms with van der Waals surface area (Å²) in [6, 6.07) is 5.08. The fourth-order valence-corrected chi connectivity index (χ4v) is 1.79. The molecule has 0 bridgehead atoms. The van der Waals surface area contributed by atoms with Crippen molar-refractivity contribution in [1.82, 2.24) is 9.55 Å². The number of nitrogens with zero attached hydrogens (tertiary/aromatic N) is 2. The van der Waals surface area contributed by atoms with Gasteiger partial charge in [0, 0.05) is 7.11 Å². The normalized spacial score (nSPS) is 12.8. The zero-order chi connectivity index (χ0) is 12.4. The monoisotopic (exact) mass is 234 g/mol. The van der Waals surface area contributed by atoms with E-state index in [0.717, 1.165) is 0 Å². The third-order valence-corrected chi connectivity index (χ3v) is 2.72. The molecular formula is C12H14N2O3. The minimum absolute atomic E-state index is 0.00857. The molecule has 0 amide bonds. The maximum absolute atomic E-state index is 11.1. The van der Waals surface area contributed by atoms with Gasteiger partial charge in [-0.15, -0.1) is 0 Å². The van der Waals surface area contributed by atoms with Gasteiger partial charge in [-0.3, -0.25) is 0 Å². The molecule has 5 nitrogen and oxygen atoms in total. The highest BCUT2D eigenvalue weighted by atomic mass is 16.5. The summed E-state index contributed by atoms with van der Waals surface area (Å²) in [5.41, 5.74) is 1.60. The van der Waals surface area contributed by atoms with Gasteiger partial charge in [0.05, 0.1) is 35.6 Å². The van der Waals surface area contributed by atoms with E-state index in [1.807, 2.05) is 11.5 Å². The number of hydrogen-bond donors (Lipinski definition) is 1. The topological polar surface area (TPSA) is 64.4 Å². The molecule has 17 heavy (non-hydrogen) atoms. The van der Waals surface area contributed by atoms with Gasteiger partial charge < -0.3 is 14.4 Å². The molecule has 1 N–H and O–H groups in total. The Labute approximate surface area is 98.6 Å². The van der Waals surface area contributed by atoms with Crippen LogP contribution >= 0.6 is 0 Å². The number of methoxy groups -OCH3 is 1. The Bertz CT molecular complexity index is 548. The number of carboxylic acid groups (broad SMARTS) is 1. The lowest BCUT2D eigenvalue weighted by atomic mass is 10.2. The first-order valence-electron chi connectivity index (χ1n) is 5.33. The van der Waals surface area contributed by atoms with Crippen molar-refractivity contribution >= 4 is 17.0 Å². The molecule has 1 heterocycles. The lowest BCUT2D eigenvalue weighted by Crippen LogP contribution is -2.15. The van der Waals surface area contributed by atoms with Crippen molar-refractivity contribution < 1.29 is 14.6 Å². The molecule has 0 aliphatic carbocycles. The molecule has 0 aliphatic rings. The number of imidazole rings is 1. The number of hydrogen-bond acceptors (Lipinski definition) is 3. The first kappa shape index (κ1) is 11.6. The number of aromatic nitrogens is 2. The molecule has 0 spiro atoms. The van der Waals surface area contributed by atoms with E-state index in [2.05, 4.69) is 4.98 Å². The maximum atomic E-state index is 11.1. The molecule has 0 radical (unpaired) electrons. The molecule has 90 valence electrons. The highest BCUT2D eigenvalue weighted by molar-refractivity contribution is 6.01. The smallest absolute Gasteiger partial charge is 0.337 e. The molecular weight excluding hydrogens is 220 g/mol. The van der Waals surface area contributed by atoms with E-state index in [1.165, 1.54) is 0 Å². The SMILES string of the molecule is COC(C)Cn1cnc2cccc(C(=O)O)c21. The highest BCUT2D eigenvalue weighted by Crippen LogP contribution is 2.18. The predicted octanol–water partition coefficient (Wildman–Crippen LogP) is 1.77. The van der Waals surface area contributed by atoms with Crippen LogP contribution < -0.4 is 0 Å². The zero-order valence-corrected chi connectivity index (χ0v) is 9.75. The molecule has 2 rings (SSSR count). The number of aromatic carboxylic acids is 1. The number of carboxylic acids is 1. The van der Waals surface area contributed by atoms with E-state index in [4.69, 9.17) is 9.84 Å². The zero-order valence-electron chi connectivity index (χ0n) is 9.75. The Balaban J connectivity index is 2.53. The van der Waals surface area contributed by atoms with Gasteiger partial charge >= 0.3 is 5.97 Å². The standard InChI is InChI=1S/C12H14N2O3/c1-8(17-2)6-14-7-13-10-5-3-4-9(11(10)14)12(15)16/h3-5,7-8H,6H2,1-2H3,(H,15,16). The van der Waals surface area contributed by atoms with Crippen molar-refractivity contribution in [2.24, 2.45) is 0 Å². The number of carbonyl (C=O) groups is 1. The van der Waals surface area contributed by atoms with Crippen molar-refractivity contribution in [3.63, 3.8) is 0 Å². The van der Waals surface area contributed by atoms with Crippen LogP contribution in [0.1, 0.15) is 17.3 Å². The van der Waals surface area contributed by atoms with Crippen molar-refractivity contribution in [1.29, 1.82) is 0 Å². The van der Waals surface area contributed by atoms with E-state index in [-0.39, 0.29) is 11.7 Å². The van der Waals surface area contributed by atoms with Crippen LogP contribution in [0.5, 0.6) is 0 Å². The van der Waals surface area contributed by atoms with Crippen molar-refractivity contribution in [3.05, 3.63) is 30.1 Å².